The van der Waals surface area contributed by atoms with Gasteiger partial charge in [0.25, 0.3) is 11.8 Å². The Morgan fingerprint density at radius 1 is 0.931 bits per heavy atom. The first kappa shape index (κ1) is 21.9. The van der Waals surface area contributed by atoms with Crippen molar-refractivity contribution < 1.29 is 24.2 Å². The van der Waals surface area contributed by atoms with E-state index in [2.05, 4.69) is 5.32 Å². The molecule has 0 aliphatic carbocycles. The van der Waals surface area contributed by atoms with Crippen LogP contribution < -0.4 is 10.1 Å². The van der Waals surface area contributed by atoms with E-state index >= 15 is 0 Å². The van der Waals surface area contributed by atoms with Gasteiger partial charge in [-0.25, -0.2) is 4.79 Å². The molecule has 29 heavy (non-hydrogen) atoms. The minimum absolute atomic E-state index is 0.0438. The first-order chi connectivity index (χ1) is 13.9. The van der Waals surface area contributed by atoms with Gasteiger partial charge in [-0.05, 0) is 62.2 Å². The second-order valence-electron chi connectivity index (χ2n) is 6.39. The zero-order chi connectivity index (χ0) is 21.2. The fourth-order valence-electron chi connectivity index (χ4n) is 2.78. The van der Waals surface area contributed by atoms with Crippen LogP contribution in [0.25, 0.3) is 0 Å². The maximum Gasteiger partial charge on any atom is 0.341 e. The molecular weight excluding hydrogens is 372 g/mol. The molecule has 2 aromatic carbocycles. The molecule has 0 heterocycles. The highest BCUT2D eigenvalue weighted by Crippen LogP contribution is 2.12. The fraction of sp³-hybridized carbons (Fsp3) is 0.318. The van der Waals surface area contributed by atoms with Crippen LogP contribution in [0.2, 0.25) is 0 Å². The van der Waals surface area contributed by atoms with Gasteiger partial charge in [-0.2, -0.15) is 0 Å². The van der Waals surface area contributed by atoms with Crippen LogP contribution >= 0.6 is 0 Å². The topological polar surface area (TPSA) is 95.9 Å². The van der Waals surface area contributed by atoms with Crippen molar-refractivity contribution in [3.8, 4) is 5.75 Å². The SMILES string of the molecule is CCN(CC)C(=O)c1ccc(C(=O)NCCc2ccc(OCC(=O)O)cc2)cc1. The summed E-state index contributed by atoms with van der Waals surface area (Å²) >= 11 is 0. The Labute approximate surface area is 170 Å². The zero-order valence-electron chi connectivity index (χ0n) is 16.7. The Hall–Kier alpha value is -3.35. The van der Waals surface area contributed by atoms with Gasteiger partial charge in [-0.1, -0.05) is 12.1 Å². The smallest absolute Gasteiger partial charge is 0.341 e. The molecule has 2 aromatic rings. The molecule has 0 radical (unpaired) electrons. The number of rotatable bonds is 10. The van der Waals surface area contributed by atoms with Crippen molar-refractivity contribution in [2.24, 2.45) is 0 Å². The minimum atomic E-state index is -1.03. The van der Waals surface area contributed by atoms with Gasteiger partial charge in [0.15, 0.2) is 6.61 Å². The summed E-state index contributed by atoms with van der Waals surface area (Å²) < 4.78 is 5.08. The average molecular weight is 398 g/mol. The normalized spacial score (nSPS) is 10.3. The summed E-state index contributed by atoms with van der Waals surface area (Å²) in [6.07, 6.45) is 0.628. The summed E-state index contributed by atoms with van der Waals surface area (Å²) in [5, 5.41) is 11.4. The second-order valence-corrected chi connectivity index (χ2v) is 6.39. The molecule has 7 heteroatoms. The van der Waals surface area contributed by atoms with Crippen molar-refractivity contribution >= 4 is 17.8 Å². The molecule has 0 unspecified atom stereocenters. The Kier molecular flexibility index (Phi) is 8.21. The van der Waals surface area contributed by atoms with Crippen LogP contribution in [0.15, 0.2) is 48.5 Å². The number of nitrogens with one attached hydrogen (secondary N) is 1. The Morgan fingerprint density at radius 3 is 2.07 bits per heavy atom. The van der Waals surface area contributed by atoms with Crippen molar-refractivity contribution in [1.29, 1.82) is 0 Å². The van der Waals surface area contributed by atoms with Crippen molar-refractivity contribution in [2.75, 3.05) is 26.2 Å². The number of nitrogens with zero attached hydrogens (tertiary/aromatic N) is 1. The molecule has 0 fully saturated rings. The number of amides is 2. The maximum absolute atomic E-state index is 12.3. The zero-order valence-corrected chi connectivity index (χ0v) is 16.7. The first-order valence-electron chi connectivity index (χ1n) is 9.55. The molecule has 0 atom stereocenters. The summed E-state index contributed by atoms with van der Waals surface area (Å²) in [6, 6.07) is 13.7. The van der Waals surface area contributed by atoms with Gasteiger partial charge in [0.05, 0.1) is 0 Å². The van der Waals surface area contributed by atoms with E-state index in [1.807, 2.05) is 26.0 Å². The number of carboxylic acid groups (broad SMARTS) is 1. The highest BCUT2D eigenvalue weighted by atomic mass is 16.5. The van der Waals surface area contributed by atoms with Gasteiger partial charge in [0.2, 0.25) is 0 Å². The monoisotopic (exact) mass is 398 g/mol. The van der Waals surface area contributed by atoms with Crippen molar-refractivity contribution in [3.05, 3.63) is 65.2 Å². The van der Waals surface area contributed by atoms with Crippen molar-refractivity contribution in [2.45, 2.75) is 20.3 Å². The van der Waals surface area contributed by atoms with Gasteiger partial charge in [-0.15, -0.1) is 0 Å². The lowest BCUT2D eigenvalue weighted by atomic mass is 10.1. The van der Waals surface area contributed by atoms with Crippen LogP contribution in [0.1, 0.15) is 40.1 Å². The van der Waals surface area contributed by atoms with E-state index in [1.54, 1.807) is 41.3 Å². The van der Waals surface area contributed by atoms with Crippen LogP contribution in [-0.2, 0) is 11.2 Å². The maximum atomic E-state index is 12.3. The highest BCUT2D eigenvalue weighted by Gasteiger charge is 2.13. The molecule has 0 saturated carbocycles. The van der Waals surface area contributed by atoms with E-state index in [0.29, 0.717) is 42.9 Å². The van der Waals surface area contributed by atoms with Crippen LogP contribution in [-0.4, -0.2) is 54.0 Å². The fourth-order valence-corrected chi connectivity index (χ4v) is 2.78. The number of carbonyl (C=O) groups is 3. The number of carbonyl (C=O) groups excluding carboxylic acids is 2. The number of aliphatic carboxylic acids is 1. The number of ether oxygens (including phenoxy) is 1. The van der Waals surface area contributed by atoms with Crippen LogP contribution in [0.3, 0.4) is 0 Å². The molecule has 0 aliphatic heterocycles. The lowest BCUT2D eigenvalue weighted by Gasteiger charge is -2.18. The number of hydrogen-bond donors (Lipinski definition) is 2. The summed E-state index contributed by atoms with van der Waals surface area (Å²) in [5.74, 6) is -0.784. The van der Waals surface area contributed by atoms with E-state index in [9.17, 15) is 14.4 Å². The largest absolute Gasteiger partial charge is 0.482 e. The molecule has 0 spiro atoms. The highest BCUT2D eigenvalue weighted by molar-refractivity contribution is 5.97. The second kappa shape index (κ2) is 10.8. The number of carboxylic acids is 1. The Balaban J connectivity index is 1.83. The van der Waals surface area contributed by atoms with Gasteiger partial charge < -0.3 is 20.1 Å². The van der Waals surface area contributed by atoms with Gasteiger partial charge >= 0.3 is 5.97 Å². The predicted molar refractivity (Wildman–Crippen MR) is 109 cm³/mol. The average Bonchev–Trinajstić information content (AvgIpc) is 2.74. The third kappa shape index (κ3) is 6.64. The third-order valence-electron chi connectivity index (χ3n) is 4.43. The molecule has 0 saturated heterocycles. The number of hydrogen-bond acceptors (Lipinski definition) is 4. The van der Waals surface area contributed by atoms with Crippen LogP contribution in [0.5, 0.6) is 5.75 Å². The molecule has 0 aromatic heterocycles. The molecule has 154 valence electrons. The van der Waals surface area contributed by atoms with Gasteiger partial charge in [0, 0.05) is 30.8 Å². The molecule has 2 rings (SSSR count). The van der Waals surface area contributed by atoms with E-state index in [1.165, 1.54) is 0 Å². The van der Waals surface area contributed by atoms with Crippen LogP contribution in [0.4, 0.5) is 0 Å². The van der Waals surface area contributed by atoms with E-state index in [4.69, 9.17) is 9.84 Å². The summed E-state index contributed by atoms with van der Waals surface area (Å²) in [6.45, 7) is 5.22. The predicted octanol–water partition coefficient (Wildman–Crippen LogP) is 2.60. The lowest BCUT2D eigenvalue weighted by molar-refractivity contribution is -0.139. The van der Waals surface area contributed by atoms with Gasteiger partial charge in [-0.3, -0.25) is 9.59 Å². The summed E-state index contributed by atoms with van der Waals surface area (Å²) in [4.78, 5) is 36.8. The van der Waals surface area contributed by atoms with E-state index < -0.39 is 5.97 Å². The van der Waals surface area contributed by atoms with E-state index in [-0.39, 0.29) is 18.4 Å². The Morgan fingerprint density at radius 2 is 1.52 bits per heavy atom. The van der Waals surface area contributed by atoms with Crippen molar-refractivity contribution in [1.82, 2.24) is 10.2 Å². The van der Waals surface area contributed by atoms with E-state index in [0.717, 1.165) is 5.56 Å². The molecule has 7 nitrogen and oxygen atoms in total. The molecule has 2 amide bonds. The van der Waals surface area contributed by atoms with Gasteiger partial charge in [0.1, 0.15) is 5.75 Å². The third-order valence-corrected chi connectivity index (χ3v) is 4.43. The molecule has 0 bridgehead atoms. The van der Waals surface area contributed by atoms with Crippen LogP contribution in [0, 0.1) is 0 Å². The van der Waals surface area contributed by atoms with Crippen molar-refractivity contribution in [3.63, 3.8) is 0 Å². The standard InChI is InChI=1S/C22H26N2O5/c1-3-24(4-2)22(28)18-9-7-17(8-10-18)21(27)23-14-13-16-5-11-19(12-6-16)29-15-20(25)26/h5-12H,3-4,13-15H2,1-2H3,(H,23,27)(H,25,26). The quantitative estimate of drug-likeness (QED) is 0.641. The number of benzene rings is 2. The molecular formula is C22H26N2O5. The Bertz CT molecular complexity index is 827. The molecule has 0 aliphatic rings. The minimum Gasteiger partial charge on any atom is -0.482 e. The summed E-state index contributed by atoms with van der Waals surface area (Å²) in [5.41, 5.74) is 2.06. The first-order valence-corrected chi connectivity index (χ1v) is 9.55. The summed E-state index contributed by atoms with van der Waals surface area (Å²) in [7, 11) is 0. The molecule has 2 N–H and O–H groups in total. The lowest BCUT2D eigenvalue weighted by Crippen LogP contribution is -2.30.